The molecule has 0 fully saturated rings. The number of nitrogens with one attached hydrogen (secondary N) is 1. The topological polar surface area (TPSA) is 45.2 Å². The molecule has 4 nitrogen and oxygen atoms in total. The highest BCUT2D eigenvalue weighted by Crippen LogP contribution is 1.95. The third kappa shape index (κ3) is 4.89. The third-order valence-corrected chi connectivity index (χ3v) is 2.24. The molecule has 0 aliphatic carbocycles. The summed E-state index contributed by atoms with van der Waals surface area (Å²) in [6.07, 6.45) is 5.34. The molecule has 0 radical (unpaired) electrons. The average Bonchev–Trinajstić information content (AvgIpc) is 2.29. The second-order valence-corrected chi connectivity index (χ2v) is 4.01. The summed E-state index contributed by atoms with van der Waals surface area (Å²) < 4.78 is 0. The zero-order valence-corrected chi connectivity index (χ0v) is 9.94. The summed E-state index contributed by atoms with van der Waals surface area (Å²) in [5.41, 5.74) is 0.620. The van der Waals surface area contributed by atoms with Crippen molar-refractivity contribution in [3.05, 3.63) is 30.1 Å². The standard InChI is InChI=1S/C12H19N3O/c1-15(2)9-4-3-8-14-12(16)11-6-5-7-13-10-11/h5-7,10H,3-4,8-9H2,1-2H3,(H,14,16). The Kier molecular flexibility index (Phi) is 5.50. The van der Waals surface area contributed by atoms with Crippen molar-refractivity contribution < 1.29 is 4.79 Å². The van der Waals surface area contributed by atoms with Gasteiger partial charge in [-0.05, 0) is 45.6 Å². The van der Waals surface area contributed by atoms with Crippen LogP contribution < -0.4 is 5.32 Å². The maximum absolute atomic E-state index is 11.6. The smallest absolute Gasteiger partial charge is 0.252 e. The lowest BCUT2D eigenvalue weighted by molar-refractivity contribution is 0.0952. The summed E-state index contributed by atoms with van der Waals surface area (Å²) in [5, 5.41) is 2.88. The van der Waals surface area contributed by atoms with E-state index in [-0.39, 0.29) is 5.91 Å². The van der Waals surface area contributed by atoms with Crippen molar-refractivity contribution in [1.82, 2.24) is 15.2 Å². The second-order valence-electron chi connectivity index (χ2n) is 4.01. The minimum Gasteiger partial charge on any atom is -0.352 e. The largest absolute Gasteiger partial charge is 0.352 e. The predicted octanol–water partition coefficient (Wildman–Crippen LogP) is 1.15. The van der Waals surface area contributed by atoms with Gasteiger partial charge in [-0.2, -0.15) is 0 Å². The molecule has 0 spiro atoms. The van der Waals surface area contributed by atoms with E-state index >= 15 is 0 Å². The van der Waals surface area contributed by atoms with E-state index in [1.807, 2.05) is 14.1 Å². The number of hydrogen-bond donors (Lipinski definition) is 1. The number of unbranched alkanes of at least 4 members (excludes halogenated alkanes) is 1. The molecule has 0 bridgehead atoms. The number of carbonyl (C=O) groups is 1. The van der Waals surface area contributed by atoms with E-state index in [0.717, 1.165) is 25.9 Å². The van der Waals surface area contributed by atoms with Crippen LogP contribution >= 0.6 is 0 Å². The molecule has 1 amide bonds. The minimum atomic E-state index is -0.0436. The first-order chi connectivity index (χ1) is 7.70. The van der Waals surface area contributed by atoms with Gasteiger partial charge in [-0.15, -0.1) is 0 Å². The molecule has 4 heteroatoms. The van der Waals surface area contributed by atoms with E-state index in [9.17, 15) is 4.79 Å². The fourth-order valence-corrected chi connectivity index (χ4v) is 1.35. The first kappa shape index (κ1) is 12.6. The highest BCUT2D eigenvalue weighted by atomic mass is 16.1. The minimum absolute atomic E-state index is 0.0436. The normalized spacial score (nSPS) is 10.4. The van der Waals surface area contributed by atoms with E-state index in [1.54, 1.807) is 24.5 Å². The number of aromatic nitrogens is 1. The Morgan fingerprint density at radius 1 is 1.44 bits per heavy atom. The van der Waals surface area contributed by atoms with Crippen LogP contribution in [0, 0.1) is 0 Å². The second kappa shape index (κ2) is 6.95. The molecule has 1 heterocycles. The quantitative estimate of drug-likeness (QED) is 0.733. The van der Waals surface area contributed by atoms with Crippen LogP contribution in [0.5, 0.6) is 0 Å². The van der Waals surface area contributed by atoms with Crippen LogP contribution in [0.3, 0.4) is 0 Å². The van der Waals surface area contributed by atoms with E-state index in [2.05, 4.69) is 15.2 Å². The fourth-order valence-electron chi connectivity index (χ4n) is 1.35. The van der Waals surface area contributed by atoms with Gasteiger partial charge in [0.15, 0.2) is 0 Å². The van der Waals surface area contributed by atoms with Gasteiger partial charge >= 0.3 is 0 Å². The van der Waals surface area contributed by atoms with Gasteiger partial charge in [-0.25, -0.2) is 0 Å². The zero-order chi connectivity index (χ0) is 11.8. The molecule has 1 aromatic rings. The van der Waals surface area contributed by atoms with Crippen LogP contribution in [0.2, 0.25) is 0 Å². The number of pyridine rings is 1. The lowest BCUT2D eigenvalue weighted by Gasteiger charge is -2.09. The van der Waals surface area contributed by atoms with Crippen molar-refractivity contribution >= 4 is 5.91 Å². The van der Waals surface area contributed by atoms with Gasteiger partial charge in [0.05, 0.1) is 5.56 Å². The van der Waals surface area contributed by atoms with Gasteiger partial charge < -0.3 is 10.2 Å². The maximum Gasteiger partial charge on any atom is 0.252 e. The Balaban J connectivity index is 2.16. The first-order valence-corrected chi connectivity index (χ1v) is 5.53. The van der Waals surface area contributed by atoms with E-state index in [1.165, 1.54) is 0 Å². The van der Waals surface area contributed by atoms with E-state index in [0.29, 0.717) is 5.56 Å². The van der Waals surface area contributed by atoms with Crippen LogP contribution in [-0.2, 0) is 0 Å². The fraction of sp³-hybridized carbons (Fsp3) is 0.500. The highest BCUT2D eigenvalue weighted by molar-refractivity contribution is 5.93. The Labute approximate surface area is 96.7 Å². The summed E-state index contributed by atoms with van der Waals surface area (Å²) in [7, 11) is 4.10. The van der Waals surface area contributed by atoms with Gasteiger partial charge in [-0.1, -0.05) is 0 Å². The van der Waals surface area contributed by atoms with Crippen molar-refractivity contribution in [2.24, 2.45) is 0 Å². The summed E-state index contributed by atoms with van der Waals surface area (Å²) >= 11 is 0. The molecule has 16 heavy (non-hydrogen) atoms. The summed E-state index contributed by atoms with van der Waals surface area (Å²) in [5.74, 6) is -0.0436. The van der Waals surface area contributed by atoms with E-state index in [4.69, 9.17) is 0 Å². The number of nitrogens with zero attached hydrogens (tertiary/aromatic N) is 2. The SMILES string of the molecule is CN(C)CCCCNC(=O)c1cccnc1. The molecular weight excluding hydrogens is 202 g/mol. The molecule has 1 rings (SSSR count). The van der Waals surface area contributed by atoms with Crippen LogP contribution in [0.15, 0.2) is 24.5 Å². The first-order valence-electron chi connectivity index (χ1n) is 5.53. The molecule has 0 aliphatic rings. The van der Waals surface area contributed by atoms with Crippen LogP contribution in [-0.4, -0.2) is 43.0 Å². The Bertz CT molecular complexity index is 311. The monoisotopic (exact) mass is 221 g/mol. The van der Waals surface area contributed by atoms with E-state index < -0.39 is 0 Å². The molecular formula is C12H19N3O. The molecule has 0 saturated heterocycles. The molecule has 1 aromatic heterocycles. The Morgan fingerprint density at radius 2 is 2.25 bits per heavy atom. The van der Waals surface area contributed by atoms with Crippen LogP contribution in [0.4, 0.5) is 0 Å². The molecule has 88 valence electrons. The van der Waals surface area contributed by atoms with Crippen LogP contribution in [0.25, 0.3) is 0 Å². The third-order valence-electron chi connectivity index (χ3n) is 2.24. The zero-order valence-electron chi connectivity index (χ0n) is 9.94. The maximum atomic E-state index is 11.6. The van der Waals surface area contributed by atoms with Gasteiger partial charge in [-0.3, -0.25) is 9.78 Å². The van der Waals surface area contributed by atoms with Gasteiger partial charge in [0.2, 0.25) is 0 Å². The Hall–Kier alpha value is -1.42. The predicted molar refractivity (Wildman–Crippen MR) is 64.4 cm³/mol. The van der Waals surface area contributed by atoms with Crippen LogP contribution in [0.1, 0.15) is 23.2 Å². The number of carbonyl (C=O) groups excluding carboxylic acids is 1. The molecule has 0 unspecified atom stereocenters. The van der Waals surface area contributed by atoms with Crippen molar-refractivity contribution in [2.75, 3.05) is 27.2 Å². The van der Waals surface area contributed by atoms with Crippen molar-refractivity contribution in [3.63, 3.8) is 0 Å². The number of hydrogen-bond acceptors (Lipinski definition) is 3. The van der Waals surface area contributed by atoms with Crippen molar-refractivity contribution in [3.8, 4) is 0 Å². The summed E-state index contributed by atoms with van der Waals surface area (Å²) in [6, 6.07) is 3.53. The van der Waals surface area contributed by atoms with Crippen molar-refractivity contribution in [1.29, 1.82) is 0 Å². The summed E-state index contributed by atoms with van der Waals surface area (Å²) in [4.78, 5) is 17.6. The molecule has 0 atom stereocenters. The van der Waals surface area contributed by atoms with Crippen molar-refractivity contribution in [2.45, 2.75) is 12.8 Å². The molecule has 1 N–H and O–H groups in total. The number of amides is 1. The van der Waals surface area contributed by atoms with Gasteiger partial charge in [0.1, 0.15) is 0 Å². The number of rotatable bonds is 6. The van der Waals surface area contributed by atoms with Gasteiger partial charge in [0, 0.05) is 18.9 Å². The van der Waals surface area contributed by atoms with Gasteiger partial charge in [0.25, 0.3) is 5.91 Å². The lowest BCUT2D eigenvalue weighted by Crippen LogP contribution is -2.25. The average molecular weight is 221 g/mol. The molecule has 0 saturated carbocycles. The lowest BCUT2D eigenvalue weighted by atomic mass is 10.2. The summed E-state index contributed by atoms with van der Waals surface area (Å²) in [6.45, 7) is 1.78. The molecule has 0 aliphatic heterocycles. The molecule has 0 aromatic carbocycles. The highest BCUT2D eigenvalue weighted by Gasteiger charge is 2.03. The Morgan fingerprint density at radius 3 is 2.88 bits per heavy atom.